The van der Waals surface area contributed by atoms with Crippen molar-refractivity contribution in [3.05, 3.63) is 53.5 Å². The normalized spacial score (nSPS) is 10.3. The molecule has 1 aromatic heterocycles. The zero-order valence-electron chi connectivity index (χ0n) is 10.5. The predicted octanol–water partition coefficient (Wildman–Crippen LogP) is 2.44. The van der Waals surface area contributed by atoms with Crippen LogP contribution in [0.15, 0.2) is 41.0 Å². The van der Waals surface area contributed by atoms with Gasteiger partial charge in [0.1, 0.15) is 5.76 Å². The molecule has 0 unspecified atom stereocenters. The average Bonchev–Trinajstić information content (AvgIpc) is 2.77. The first-order chi connectivity index (χ1) is 8.58. The molecule has 0 bridgehead atoms. The van der Waals surface area contributed by atoms with Gasteiger partial charge in [-0.15, -0.1) is 0 Å². The summed E-state index contributed by atoms with van der Waals surface area (Å²) >= 11 is 0. The van der Waals surface area contributed by atoms with Crippen molar-refractivity contribution in [2.45, 2.75) is 13.5 Å². The van der Waals surface area contributed by atoms with E-state index in [2.05, 4.69) is 0 Å². The van der Waals surface area contributed by atoms with Gasteiger partial charge in [-0.05, 0) is 30.7 Å². The van der Waals surface area contributed by atoms with Crippen LogP contribution in [0.5, 0.6) is 0 Å². The summed E-state index contributed by atoms with van der Waals surface area (Å²) in [7, 11) is 1.77. The van der Waals surface area contributed by atoms with E-state index in [1.807, 2.05) is 24.3 Å². The number of furan rings is 1. The van der Waals surface area contributed by atoms with Gasteiger partial charge in [0.15, 0.2) is 0 Å². The van der Waals surface area contributed by atoms with Crippen molar-refractivity contribution in [2.24, 2.45) is 0 Å². The molecule has 0 spiro atoms. The number of nitrogens with zero attached hydrogens (tertiary/aromatic N) is 1. The lowest BCUT2D eigenvalue weighted by molar-refractivity contribution is 0.0783. The average molecular weight is 244 g/mol. The van der Waals surface area contributed by atoms with E-state index in [0.29, 0.717) is 17.9 Å². The summed E-state index contributed by atoms with van der Waals surface area (Å²) in [5, 5.41) is 0. The molecule has 1 aromatic carbocycles. The molecule has 2 aromatic rings. The van der Waals surface area contributed by atoms with Crippen molar-refractivity contribution < 1.29 is 9.21 Å². The van der Waals surface area contributed by atoms with Crippen LogP contribution in [0.2, 0.25) is 0 Å². The molecular formula is C14H16N2O2. The van der Waals surface area contributed by atoms with E-state index in [1.165, 1.54) is 6.26 Å². The van der Waals surface area contributed by atoms with Gasteiger partial charge < -0.3 is 15.1 Å². The second-order valence-electron chi connectivity index (χ2n) is 4.29. The lowest BCUT2D eigenvalue weighted by atomic mass is 10.2. The second kappa shape index (κ2) is 4.96. The molecule has 2 rings (SSSR count). The van der Waals surface area contributed by atoms with Crippen LogP contribution >= 0.6 is 0 Å². The Kier molecular flexibility index (Phi) is 3.37. The molecule has 1 heterocycles. The third kappa shape index (κ3) is 2.53. The van der Waals surface area contributed by atoms with Crippen LogP contribution in [0.1, 0.15) is 21.7 Å². The maximum absolute atomic E-state index is 12.1. The molecule has 0 atom stereocenters. The third-order valence-corrected chi connectivity index (χ3v) is 2.84. The van der Waals surface area contributed by atoms with E-state index in [-0.39, 0.29) is 5.91 Å². The number of anilines is 1. The standard InChI is InChI=1S/C14H16N2O2/c1-10-13(7-8-18-10)14(17)16(2)9-11-3-5-12(15)6-4-11/h3-8H,9,15H2,1-2H3. The molecule has 0 saturated carbocycles. The molecule has 4 heteroatoms. The smallest absolute Gasteiger partial charge is 0.257 e. The fourth-order valence-electron chi connectivity index (χ4n) is 1.78. The summed E-state index contributed by atoms with van der Waals surface area (Å²) in [4.78, 5) is 13.8. The Morgan fingerprint density at radius 3 is 2.50 bits per heavy atom. The number of nitrogens with two attached hydrogens (primary N) is 1. The summed E-state index contributed by atoms with van der Waals surface area (Å²) in [5.74, 6) is 0.599. The topological polar surface area (TPSA) is 59.5 Å². The number of carbonyl (C=O) groups is 1. The van der Waals surface area contributed by atoms with Crippen molar-refractivity contribution in [3.8, 4) is 0 Å². The molecule has 94 valence electrons. The quantitative estimate of drug-likeness (QED) is 0.844. The molecule has 0 aliphatic heterocycles. The van der Waals surface area contributed by atoms with Crippen LogP contribution in [0, 0.1) is 6.92 Å². The summed E-state index contributed by atoms with van der Waals surface area (Å²) in [6, 6.07) is 9.19. The molecule has 2 N–H and O–H groups in total. The Hall–Kier alpha value is -2.23. The van der Waals surface area contributed by atoms with Crippen LogP contribution in [-0.2, 0) is 6.54 Å². The van der Waals surface area contributed by atoms with E-state index in [4.69, 9.17) is 10.2 Å². The maximum atomic E-state index is 12.1. The molecule has 0 aliphatic carbocycles. The van der Waals surface area contributed by atoms with Gasteiger partial charge >= 0.3 is 0 Å². The molecular weight excluding hydrogens is 228 g/mol. The number of amides is 1. The lowest BCUT2D eigenvalue weighted by Crippen LogP contribution is -2.26. The van der Waals surface area contributed by atoms with Gasteiger partial charge in [0.05, 0.1) is 11.8 Å². The molecule has 4 nitrogen and oxygen atoms in total. The van der Waals surface area contributed by atoms with E-state index in [9.17, 15) is 4.79 Å². The second-order valence-corrected chi connectivity index (χ2v) is 4.29. The van der Waals surface area contributed by atoms with Gasteiger partial charge in [-0.25, -0.2) is 0 Å². The predicted molar refractivity (Wildman–Crippen MR) is 70.1 cm³/mol. The number of hydrogen-bond acceptors (Lipinski definition) is 3. The van der Waals surface area contributed by atoms with Gasteiger partial charge in [-0.1, -0.05) is 12.1 Å². The fraction of sp³-hybridized carbons (Fsp3) is 0.214. The van der Waals surface area contributed by atoms with Gasteiger partial charge in [-0.3, -0.25) is 4.79 Å². The molecule has 1 amide bonds. The molecule has 0 radical (unpaired) electrons. The number of carbonyl (C=O) groups excluding carboxylic acids is 1. The van der Waals surface area contributed by atoms with Crippen LogP contribution in [-0.4, -0.2) is 17.9 Å². The minimum Gasteiger partial charge on any atom is -0.469 e. The third-order valence-electron chi connectivity index (χ3n) is 2.84. The van der Waals surface area contributed by atoms with Crippen molar-refractivity contribution in [1.29, 1.82) is 0 Å². The van der Waals surface area contributed by atoms with Gasteiger partial charge in [0.2, 0.25) is 0 Å². The highest BCUT2D eigenvalue weighted by molar-refractivity contribution is 5.94. The Morgan fingerprint density at radius 1 is 1.28 bits per heavy atom. The molecule has 0 fully saturated rings. The summed E-state index contributed by atoms with van der Waals surface area (Å²) in [6.07, 6.45) is 1.53. The zero-order valence-corrected chi connectivity index (χ0v) is 10.5. The van der Waals surface area contributed by atoms with Gasteiger partial charge in [0, 0.05) is 19.3 Å². The summed E-state index contributed by atoms with van der Waals surface area (Å²) in [5.41, 5.74) is 7.99. The molecule has 0 saturated heterocycles. The first kappa shape index (κ1) is 12.2. The number of hydrogen-bond donors (Lipinski definition) is 1. The van der Waals surface area contributed by atoms with Crippen LogP contribution in [0.3, 0.4) is 0 Å². The van der Waals surface area contributed by atoms with Crippen LogP contribution in [0.4, 0.5) is 5.69 Å². The van der Waals surface area contributed by atoms with E-state index in [0.717, 1.165) is 11.3 Å². The monoisotopic (exact) mass is 244 g/mol. The highest BCUT2D eigenvalue weighted by Gasteiger charge is 2.16. The van der Waals surface area contributed by atoms with E-state index >= 15 is 0 Å². The molecule has 0 aliphatic rings. The minimum absolute atomic E-state index is 0.0434. The number of benzene rings is 1. The number of aryl methyl sites for hydroxylation is 1. The van der Waals surface area contributed by atoms with Crippen molar-refractivity contribution in [3.63, 3.8) is 0 Å². The first-order valence-electron chi connectivity index (χ1n) is 5.72. The van der Waals surface area contributed by atoms with E-state index < -0.39 is 0 Å². The van der Waals surface area contributed by atoms with Crippen LogP contribution in [0.25, 0.3) is 0 Å². The highest BCUT2D eigenvalue weighted by atomic mass is 16.3. The molecule has 18 heavy (non-hydrogen) atoms. The van der Waals surface area contributed by atoms with Crippen molar-refractivity contribution in [2.75, 3.05) is 12.8 Å². The highest BCUT2D eigenvalue weighted by Crippen LogP contribution is 2.14. The Bertz CT molecular complexity index is 543. The van der Waals surface area contributed by atoms with Gasteiger partial charge in [-0.2, -0.15) is 0 Å². The fourth-order valence-corrected chi connectivity index (χ4v) is 1.78. The minimum atomic E-state index is -0.0434. The Morgan fingerprint density at radius 2 is 1.94 bits per heavy atom. The van der Waals surface area contributed by atoms with Crippen LogP contribution < -0.4 is 5.73 Å². The van der Waals surface area contributed by atoms with E-state index in [1.54, 1.807) is 24.9 Å². The van der Waals surface area contributed by atoms with Gasteiger partial charge in [0.25, 0.3) is 5.91 Å². The Labute approximate surface area is 106 Å². The largest absolute Gasteiger partial charge is 0.469 e. The summed E-state index contributed by atoms with van der Waals surface area (Å²) in [6.45, 7) is 2.33. The van der Waals surface area contributed by atoms with Crippen molar-refractivity contribution >= 4 is 11.6 Å². The first-order valence-corrected chi connectivity index (χ1v) is 5.72. The summed E-state index contributed by atoms with van der Waals surface area (Å²) < 4.78 is 5.14. The lowest BCUT2D eigenvalue weighted by Gasteiger charge is -2.16. The maximum Gasteiger partial charge on any atom is 0.257 e. The van der Waals surface area contributed by atoms with Crippen molar-refractivity contribution in [1.82, 2.24) is 4.90 Å². The number of nitrogen functional groups attached to an aromatic ring is 1. The number of rotatable bonds is 3. The Balaban J connectivity index is 2.08. The SMILES string of the molecule is Cc1occc1C(=O)N(C)Cc1ccc(N)cc1. The zero-order chi connectivity index (χ0) is 13.1.